The molecule has 8 nitrogen and oxygen atoms in total. The van der Waals surface area contributed by atoms with Crippen LogP contribution in [-0.2, 0) is 24.4 Å². The fraction of sp³-hybridized carbons (Fsp3) is 0.765. The summed E-state index contributed by atoms with van der Waals surface area (Å²) in [7, 11) is -6.72. The van der Waals surface area contributed by atoms with Crippen LogP contribution in [0.2, 0.25) is 0 Å². The first kappa shape index (κ1) is 60.3. The Morgan fingerprint density at radius 2 is 1.08 bits per heavy atom. The molecule has 3 unspecified atom stereocenters. The summed E-state index contributed by atoms with van der Waals surface area (Å²) < 4.78 is 58.1. The van der Waals surface area contributed by atoms with E-state index in [2.05, 4.69) is 60.6 Å². The number of hydrogen-bond acceptors (Lipinski definition) is 8. The van der Waals surface area contributed by atoms with E-state index in [-0.39, 0.29) is 11.2 Å². The molecule has 1 heterocycles. The van der Waals surface area contributed by atoms with Crippen LogP contribution in [-0.4, -0.2) is 73.2 Å². The average molecular weight is 1110 g/mol. The van der Waals surface area contributed by atoms with Crippen molar-refractivity contribution in [1.82, 2.24) is 0 Å². The van der Waals surface area contributed by atoms with E-state index >= 15 is 0 Å². The summed E-state index contributed by atoms with van der Waals surface area (Å²) in [6.45, 7) is 19.0. The van der Waals surface area contributed by atoms with Crippen LogP contribution in [0.4, 0.5) is 0 Å². The molecule has 8 aliphatic carbocycles. The second-order valence-corrected chi connectivity index (χ2v) is 32.2. The minimum Gasteiger partial charge on any atom is -0.393 e. The van der Waals surface area contributed by atoms with Crippen molar-refractivity contribution in [1.29, 1.82) is 0 Å². The monoisotopic (exact) mass is 1110 g/mol. The lowest BCUT2D eigenvalue weighted by Crippen LogP contribution is -2.48. The lowest BCUT2D eigenvalue weighted by Gasteiger charge is -2.55. The standard InChI is InChI=1S/C34H52O4S.C30H44O3S.C4H8O/c1-5-25(35)21-27(39(37,38)26-10-8-7-9-11-26)20-23(3)31-14-15-32-30-13-12-24-22-34(36,6-2)19-17-28(24)29(30)16-18-33(31,32)4;1-4-30(31)18-15-24-22(20-30)10-11-26-25(24)14-17-29(3)27(12-13-28(26)29)21(2)16-19-34(32,33)23-8-6-5-7-9-23;1-2-4-3-5-4/h7-12,23,25,27-32,35-36H,5-6,13-22H2,1-4H3;5-10,21,24-28,31H,4,11-20H2,1-3H3;4H,2-3H2,1H3/t23-,25?,27?,28+,29-,30-,31-,32+,33-,34+;21-,24+,25-,26-,27-,28+,29-,30+;/m11./s1. The number of benzene rings is 2. The van der Waals surface area contributed by atoms with Crippen molar-refractivity contribution in [3.8, 4) is 0 Å². The van der Waals surface area contributed by atoms with Crippen LogP contribution in [0.5, 0.6) is 0 Å². The largest absolute Gasteiger partial charge is 0.393 e. The molecule has 0 bridgehead atoms. The highest BCUT2D eigenvalue weighted by Gasteiger charge is 2.59. The topological polar surface area (TPSA) is 142 Å². The number of ether oxygens (including phenoxy) is 1. The summed E-state index contributed by atoms with van der Waals surface area (Å²) in [5, 5.41) is 31.9. The quantitative estimate of drug-likeness (QED) is 0.111. The van der Waals surface area contributed by atoms with Gasteiger partial charge < -0.3 is 20.1 Å². The lowest BCUT2D eigenvalue weighted by molar-refractivity contribution is -0.0460. The normalized spacial score (nSPS) is 39.2. The van der Waals surface area contributed by atoms with Gasteiger partial charge in [0.05, 0.1) is 50.8 Å². The molecule has 19 atom stereocenters. The predicted octanol–water partition coefficient (Wildman–Crippen LogP) is 15.0. The summed E-state index contributed by atoms with van der Waals surface area (Å²) in [6, 6.07) is 17.8. The third-order valence-corrected chi connectivity index (χ3v) is 27.9. The van der Waals surface area contributed by atoms with Crippen molar-refractivity contribution in [3.05, 3.63) is 84.0 Å². The van der Waals surface area contributed by atoms with Crippen LogP contribution in [0, 0.1) is 81.8 Å². The van der Waals surface area contributed by atoms with E-state index < -0.39 is 42.2 Å². The van der Waals surface area contributed by atoms with Crippen molar-refractivity contribution in [2.24, 2.45) is 81.8 Å². The van der Waals surface area contributed by atoms with E-state index in [1.165, 1.54) is 64.2 Å². The molecule has 2 aromatic carbocycles. The molecule has 1 saturated heterocycles. The molecule has 1 aliphatic heterocycles. The van der Waals surface area contributed by atoms with Crippen molar-refractivity contribution in [3.63, 3.8) is 0 Å². The molecule has 3 N–H and O–H groups in total. The highest BCUT2D eigenvalue weighted by Crippen LogP contribution is 2.67. The average Bonchev–Trinajstić information content (AvgIpc) is 4.33. The van der Waals surface area contributed by atoms with Crippen LogP contribution < -0.4 is 0 Å². The molecule has 9 aliphatic rings. The molecule has 0 amide bonds. The summed E-state index contributed by atoms with van der Waals surface area (Å²) in [4.78, 5) is 0.847. The summed E-state index contributed by atoms with van der Waals surface area (Å²) in [6.07, 6.45) is 28.8. The molecule has 0 spiro atoms. The highest BCUT2D eigenvalue weighted by atomic mass is 32.2. The Morgan fingerprint density at radius 1 is 0.603 bits per heavy atom. The fourth-order valence-corrected chi connectivity index (χ4v) is 22.5. The zero-order chi connectivity index (χ0) is 55.8. The van der Waals surface area contributed by atoms with Crippen LogP contribution in [0.3, 0.4) is 0 Å². The van der Waals surface area contributed by atoms with Crippen LogP contribution >= 0.6 is 0 Å². The lowest BCUT2D eigenvalue weighted by atomic mass is 9.50. The SMILES string of the molecule is CCC(O)CC(C[C@@H](C)[C@H]1CC[C@H]2[C@@H]3CC=C4C[C@](O)(CC)CC[C@@H]4[C@H]3CC[C@]12C)S(=O)(=O)c1ccccc1.CCC1CO1.CC[C@]1(O)CC[C@H]2C(=CC[C@@H]3[C@@H]2CC[C@]2(C)[C@@H]([C@H](C)CCS(=O)(=O)c4ccccc4)CC[C@@H]32)C1. The number of aliphatic hydroxyl groups excluding tert-OH is 1. The Hall–Kier alpha value is -2.34. The van der Waals surface area contributed by atoms with Gasteiger partial charge in [-0.1, -0.05) is 115 Å². The van der Waals surface area contributed by atoms with E-state index in [1.54, 1.807) is 47.5 Å². The zero-order valence-electron chi connectivity index (χ0n) is 49.5. The van der Waals surface area contributed by atoms with Gasteiger partial charge in [-0.2, -0.15) is 0 Å². The Kier molecular flexibility index (Phi) is 18.9. The van der Waals surface area contributed by atoms with E-state index in [0.717, 1.165) is 100 Å². The number of rotatable bonds is 16. The summed E-state index contributed by atoms with van der Waals surface area (Å²) in [5.41, 5.74) is 2.76. The first-order chi connectivity index (χ1) is 37.1. The molecule has 78 heavy (non-hydrogen) atoms. The smallest absolute Gasteiger partial charge is 0.181 e. The maximum absolute atomic E-state index is 13.8. The Morgan fingerprint density at radius 3 is 1.51 bits per heavy atom. The number of epoxide rings is 1. The molecular formula is C68H104O8S2. The van der Waals surface area contributed by atoms with Gasteiger partial charge in [0.1, 0.15) is 0 Å². The molecule has 2 aromatic rings. The number of fused-ring (bicyclic) bond motifs is 10. The van der Waals surface area contributed by atoms with Crippen LogP contribution in [0.25, 0.3) is 0 Å². The second-order valence-electron chi connectivity index (χ2n) is 27.9. The maximum Gasteiger partial charge on any atom is 0.181 e. The minimum atomic E-state index is -3.51. The Labute approximate surface area is 473 Å². The van der Waals surface area contributed by atoms with Gasteiger partial charge in [0.2, 0.25) is 0 Å². The van der Waals surface area contributed by atoms with Crippen molar-refractivity contribution >= 4 is 19.7 Å². The maximum atomic E-state index is 13.8. The second kappa shape index (κ2) is 24.5. The van der Waals surface area contributed by atoms with E-state index in [4.69, 9.17) is 4.74 Å². The number of aliphatic hydroxyl groups is 3. The molecule has 436 valence electrons. The molecular weight excluding hydrogens is 1010 g/mol. The first-order valence-electron chi connectivity index (χ1n) is 31.8. The van der Waals surface area contributed by atoms with Crippen LogP contribution in [0.1, 0.15) is 203 Å². The Balaban J connectivity index is 0.000000175. The van der Waals surface area contributed by atoms with Gasteiger partial charge in [0, 0.05) is 0 Å². The number of allylic oxidation sites excluding steroid dienone is 2. The minimum absolute atomic E-state index is 0.259. The molecule has 0 radical (unpaired) electrons. The summed E-state index contributed by atoms with van der Waals surface area (Å²) >= 11 is 0. The fourth-order valence-electron chi connectivity index (χ4n) is 19.1. The molecule has 11 rings (SSSR count). The third kappa shape index (κ3) is 12.5. The Bertz CT molecular complexity index is 2600. The van der Waals surface area contributed by atoms with Gasteiger partial charge in [0.25, 0.3) is 0 Å². The highest BCUT2D eigenvalue weighted by molar-refractivity contribution is 7.92. The number of sulfone groups is 2. The van der Waals surface area contributed by atoms with Gasteiger partial charge in [-0.15, -0.1) is 0 Å². The van der Waals surface area contributed by atoms with Gasteiger partial charge in [-0.3, -0.25) is 0 Å². The van der Waals surface area contributed by atoms with E-state index in [0.29, 0.717) is 82.0 Å². The number of hydrogen-bond donors (Lipinski definition) is 3. The van der Waals surface area contributed by atoms with Gasteiger partial charge in [0.15, 0.2) is 19.7 Å². The molecule has 0 aromatic heterocycles. The van der Waals surface area contributed by atoms with Crippen LogP contribution in [0.15, 0.2) is 93.8 Å². The van der Waals surface area contributed by atoms with E-state index in [9.17, 15) is 32.2 Å². The van der Waals surface area contributed by atoms with Crippen molar-refractivity contribution in [2.45, 2.75) is 242 Å². The molecule has 7 fully saturated rings. The third-order valence-electron chi connectivity index (χ3n) is 24.0. The van der Waals surface area contributed by atoms with Crippen molar-refractivity contribution in [2.75, 3.05) is 12.4 Å². The summed E-state index contributed by atoms with van der Waals surface area (Å²) in [5.74, 6) is 8.06. The van der Waals surface area contributed by atoms with E-state index in [1.807, 2.05) is 31.2 Å². The predicted molar refractivity (Wildman–Crippen MR) is 316 cm³/mol. The van der Waals surface area contributed by atoms with Crippen molar-refractivity contribution < 1.29 is 36.9 Å². The molecule has 6 saturated carbocycles. The molecule has 10 heteroatoms. The zero-order valence-corrected chi connectivity index (χ0v) is 51.1. The van der Waals surface area contributed by atoms with Gasteiger partial charge in [-0.05, 0) is 254 Å². The van der Waals surface area contributed by atoms with Gasteiger partial charge in [-0.25, -0.2) is 16.8 Å². The first-order valence-corrected chi connectivity index (χ1v) is 35.0. The van der Waals surface area contributed by atoms with Gasteiger partial charge >= 0.3 is 0 Å².